The first-order chi connectivity index (χ1) is 12.3. The van der Waals surface area contributed by atoms with Crippen molar-refractivity contribution in [3.05, 3.63) is 71.3 Å². The van der Waals surface area contributed by atoms with Crippen LogP contribution in [-0.4, -0.2) is 15.5 Å². The van der Waals surface area contributed by atoms with Crippen molar-refractivity contribution in [1.82, 2.24) is 4.72 Å². The molecule has 0 heterocycles. The maximum absolute atomic E-state index is 12.8. The van der Waals surface area contributed by atoms with E-state index in [-0.39, 0.29) is 10.9 Å². The number of ether oxygens (including phenoxy) is 1. The van der Waals surface area contributed by atoms with Crippen molar-refractivity contribution < 1.29 is 13.2 Å². The molecule has 0 amide bonds. The van der Waals surface area contributed by atoms with Crippen molar-refractivity contribution in [3.63, 3.8) is 0 Å². The smallest absolute Gasteiger partial charge is 0.241 e. The Morgan fingerprint density at radius 2 is 1.62 bits per heavy atom. The summed E-state index contributed by atoms with van der Waals surface area (Å²) in [6, 6.07) is 16.4. The van der Waals surface area contributed by atoms with E-state index in [1.165, 1.54) is 0 Å². The normalized spacial score (nSPS) is 12.9. The molecule has 26 heavy (non-hydrogen) atoms. The van der Waals surface area contributed by atoms with Crippen LogP contribution in [0.25, 0.3) is 10.8 Å². The van der Waals surface area contributed by atoms with Gasteiger partial charge in [0.15, 0.2) is 0 Å². The number of methoxy groups -OCH3 is 1. The third-order valence-electron chi connectivity index (χ3n) is 4.55. The topological polar surface area (TPSA) is 55.4 Å². The van der Waals surface area contributed by atoms with Gasteiger partial charge in [0.25, 0.3) is 0 Å². The fourth-order valence-electron chi connectivity index (χ4n) is 3.17. The van der Waals surface area contributed by atoms with Crippen molar-refractivity contribution in [2.24, 2.45) is 0 Å². The van der Waals surface area contributed by atoms with Gasteiger partial charge in [0.05, 0.1) is 12.0 Å². The lowest BCUT2D eigenvalue weighted by Gasteiger charge is -2.17. The Morgan fingerprint density at radius 3 is 2.31 bits per heavy atom. The fraction of sp³-hybridized carbons (Fsp3) is 0.238. The van der Waals surface area contributed by atoms with Gasteiger partial charge in [-0.3, -0.25) is 0 Å². The Bertz CT molecular complexity index is 1060. The first-order valence-electron chi connectivity index (χ1n) is 8.47. The molecule has 5 heteroatoms. The average molecular weight is 369 g/mol. The maximum Gasteiger partial charge on any atom is 0.241 e. The summed E-state index contributed by atoms with van der Waals surface area (Å²) in [4.78, 5) is 0.256. The van der Waals surface area contributed by atoms with Crippen LogP contribution in [0.2, 0.25) is 0 Å². The highest BCUT2D eigenvalue weighted by atomic mass is 32.2. The third kappa shape index (κ3) is 3.74. The van der Waals surface area contributed by atoms with Crippen molar-refractivity contribution in [3.8, 4) is 5.75 Å². The standard InChI is InChI=1S/C21H23NO3S/c1-14-5-10-21(15(2)11-14)16(3)22-26(23,24)20-9-7-17-12-19(25-4)8-6-18(17)13-20/h5-13,16,22H,1-4H3. The Morgan fingerprint density at radius 1 is 0.923 bits per heavy atom. The molecule has 136 valence electrons. The number of benzene rings is 3. The molecule has 1 N–H and O–H groups in total. The van der Waals surface area contributed by atoms with Crippen LogP contribution in [0.15, 0.2) is 59.5 Å². The molecule has 0 saturated carbocycles. The Hall–Kier alpha value is -2.37. The molecule has 4 nitrogen and oxygen atoms in total. The number of hydrogen-bond acceptors (Lipinski definition) is 3. The van der Waals surface area contributed by atoms with E-state index < -0.39 is 10.0 Å². The van der Waals surface area contributed by atoms with Crippen LogP contribution >= 0.6 is 0 Å². The number of rotatable bonds is 5. The van der Waals surface area contributed by atoms with E-state index in [1.54, 1.807) is 25.3 Å². The Balaban J connectivity index is 1.91. The minimum absolute atomic E-state index is 0.256. The van der Waals surface area contributed by atoms with Crippen LogP contribution in [0.3, 0.4) is 0 Å². The molecule has 0 saturated heterocycles. The van der Waals surface area contributed by atoms with Gasteiger partial charge in [0.2, 0.25) is 10.0 Å². The summed E-state index contributed by atoms with van der Waals surface area (Å²) in [7, 11) is -2.01. The zero-order valence-electron chi connectivity index (χ0n) is 15.4. The van der Waals surface area contributed by atoms with Gasteiger partial charge in [0.1, 0.15) is 5.75 Å². The molecular weight excluding hydrogens is 346 g/mol. The van der Waals surface area contributed by atoms with Crippen LogP contribution in [0, 0.1) is 13.8 Å². The molecule has 0 aliphatic carbocycles. The van der Waals surface area contributed by atoms with Crippen LogP contribution in [-0.2, 0) is 10.0 Å². The van der Waals surface area contributed by atoms with Gasteiger partial charge in [0, 0.05) is 6.04 Å². The van der Waals surface area contributed by atoms with Crippen LogP contribution in [0.4, 0.5) is 0 Å². The summed E-state index contributed by atoms with van der Waals surface area (Å²) in [5.74, 6) is 0.745. The second-order valence-electron chi connectivity index (χ2n) is 6.58. The number of nitrogens with one attached hydrogen (secondary N) is 1. The Kier molecular flexibility index (Phi) is 5.03. The lowest BCUT2D eigenvalue weighted by atomic mass is 10.0. The second-order valence-corrected chi connectivity index (χ2v) is 8.29. The van der Waals surface area contributed by atoms with Gasteiger partial charge in [-0.2, -0.15) is 0 Å². The molecule has 1 atom stereocenters. The molecule has 0 fully saturated rings. The predicted molar refractivity (Wildman–Crippen MR) is 105 cm³/mol. The molecule has 3 aromatic carbocycles. The van der Waals surface area contributed by atoms with E-state index in [4.69, 9.17) is 4.74 Å². The molecule has 0 radical (unpaired) electrons. The zero-order valence-corrected chi connectivity index (χ0v) is 16.2. The molecule has 0 spiro atoms. The molecule has 0 aromatic heterocycles. The van der Waals surface area contributed by atoms with Crippen molar-refractivity contribution >= 4 is 20.8 Å². The van der Waals surface area contributed by atoms with Gasteiger partial charge in [-0.1, -0.05) is 35.9 Å². The highest BCUT2D eigenvalue weighted by Crippen LogP contribution is 2.25. The van der Waals surface area contributed by atoms with Gasteiger partial charge in [-0.25, -0.2) is 13.1 Å². The van der Waals surface area contributed by atoms with E-state index in [2.05, 4.69) is 10.8 Å². The lowest BCUT2D eigenvalue weighted by Crippen LogP contribution is -2.27. The maximum atomic E-state index is 12.8. The quantitative estimate of drug-likeness (QED) is 0.720. The van der Waals surface area contributed by atoms with Gasteiger partial charge in [-0.05, 0) is 66.9 Å². The van der Waals surface area contributed by atoms with E-state index in [9.17, 15) is 8.42 Å². The highest BCUT2D eigenvalue weighted by molar-refractivity contribution is 7.89. The van der Waals surface area contributed by atoms with Gasteiger partial charge >= 0.3 is 0 Å². The minimum Gasteiger partial charge on any atom is -0.497 e. The molecule has 0 aliphatic heterocycles. The van der Waals surface area contributed by atoms with Crippen molar-refractivity contribution in [2.75, 3.05) is 7.11 Å². The number of hydrogen-bond donors (Lipinski definition) is 1. The van der Waals surface area contributed by atoms with Gasteiger partial charge in [-0.15, -0.1) is 0 Å². The molecule has 1 unspecified atom stereocenters. The number of sulfonamides is 1. The first-order valence-corrected chi connectivity index (χ1v) is 9.96. The zero-order chi connectivity index (χ0) is 18.9. The predicted octanol–water partition coefficient (Wildman–Crippen LogP) is 4.50. The number of fused-ring (bicyclic) bond motifs is 1. The monoisotopic (exact) mass is 369 g/mol. The second kappa shape index (κ2) is 7.09. The molecule has 3 rings (SSSR count). The largest absolute Gasteiger partial charge is 0.497 e. The summed E-state index contributed by atoms with van der Waals surface area (Å²) in [5.41, 5.74) is 3.21. The van der Waals surface area contributed by atoms with Crippen LogP contribution in [0.5, 0.6) is 5.75 Å². The van der Waals surface area contributed by atoms with E-state index in [1.807, 2.05) is 51.1 Å². The molecule has 0 bridgehead atoms. The highest BCUT2D eigenvalue weighted by Gasteiger charge is 2.19. The summed E-state index contributed by atoms with van der Waals surface area (Å²) < 4.78 is 33.6. The van der Waals surface area contributed by atoms with Crippen LogP contribution < -0.4 is 9.46 Å². The average Bonchev–Trinajstić information content (AvgIpc) is 2.60. The number of aryl methyl sites for hydroxylation is 2. The van der Waals surface area contributed by atoms with Gasteiger partial charge < -0.3 is 4.74 Å². The lowest BCUT2D eigenvalue weighted by molar-refractivity contribution is 0.415. The Labute approximate surface area is 154 Å². The summed E-state index contributed by atoms with van der Waals surface area (Å²) >= 11 is 0. The summed E-state index contributed by atoms with van der Waals surface area (Å²) in [6.07, 6.45) is 0. The summed E-state index contributed by atoms with van der Waals surface area (Å²) in [6.45, 7) is 5.88. The first kappa shape index (κ1) is 18.4. The summed E-state index contributed by atoms with van der Waals surface area (Å²) in [5, 5.41) is 1.79. The van der Waals surface area contributed by atoms with Crippen LogP contribution in [0.1, 0.15) is 29.7 Å². The SMILES string of the molecule is COc1ccc2cc(S(=O)(=O)NC(C)c3ccc(C)cc3C)ccc2c1. The third-order valence-corrected chi connectivity index (χ3v) is 6.09. The molecule has 0 aliphatic rings. The van der Waals surface area contributed by atoms with E-state index in [0.717, 1.165) is 33.2 Å². The fourth-order valence-corrected chi connectivity index (χ4v) is 4.43. The minimum atomic E-state index is -3.62. The molecular formula is C21H23NO3S. The molecule has 3 aromatic rings. The van der Waals surface area contributed by atoms with E-state index in [0.29, 0.717) is 0 Å². The van der Waals surface area contributed by atoms with Crippen molar-refractivity contribution in [2.45, 2.75) is 31.7 Å². The van der Waals surface area contributed by atoms with Crippen molar-refractivity contribution in [1.29, 1.82) is 0 Å². The van der Waals surface area contributed by atoms with E-state index >= 15 is 0 Å².